The summed E-state index contributed by atoms with van der Waals surface area (Å²) in [4.78, 5) is -0.226. The van der Waals surface area contributed by atoms with Crippen molar-refractivity contribution in [2.45, 2.75) is 16.6 Å². The predicted molar refractivity (Wildman–Crippen MR) is 97.7 cm³/mol. The molecule has 10 heteroatoms. The maximum atomic E-state index is 14.1. The van der Waals surface area contributed by atoms with Gasteiger partial charge in [0.2, 0.25) is 10.0 Å². The van der Waals surface area contributed by atoms with Crippen LogP contribution in [-0.4, -0.2) is 40.0 Å². The van der Waals surface area contributed by atoms with E-state index in [1.807, 2.05) is 0 Å². The molecular formula is C17H16ClF2NO4S2. The van der Waals surface area contributed by atoms with Gasteiger partial charge in [-0.15, -0.1) is 0 Å². The Morgan fingerprint density at radius 3 is 2.41 bits per heavy atom. The van der Waals surface area contributed by atoms with Crippen LogP contribution in [0.15, 0.2) is 47.4 Å². The van der Waals surface area contributed by atoms with Gasteiger partial charge in [0.05, 0.1) is 20.9 Å². The highest BCUT2D eigenvalue weighted by Gasteiger charge is 2.36. The quantitative estimate of drug-likeness (QED) is 0.742. The fraction of sp³-hybridized carbons (Fsp3) is 0.294. The Bertz CT molecular complexity index is 1070. The second kappa shape index (κ2) is 7.46. The number of benzene rings is 2. The molecule has 0 spiro atoms. The van der Waals surface area contributed by atoms with Crippen molar-refractivity contribution in [2.75, 3.05) is 18.8 Å². The summed E-state index contributed by atoms with van der Waals surface area (Å²) in [6.07, 6.45) is -0.0859. The van der Waals surface area contributed by atoms with E-state index < -0.39 is 42.5 Å². The van der Waals surface area contributed by atoms with E-state index in [1.54, 1.807) is 0 Å². The third kappa shape index (κ3) is 4.01. The van der Waals surface area contributed by atoms with Gasteiger partial charge >= 0.3 is 0 Å². The van der Waals surface area contributed by atoms with Gasteiger partial charge in [0.1, 0.15) is 11.6 Å². The van der Waals surface area contributed by atoms with Crippen LogP contribution in [0.5, 0.6) is 0 Å². The van der Waals surface area contributed by atoms with Crippen LogP contribution >= 0.6 is 11.6 Å². The van der Waals surface area contributed by atoms with Crippen molar-refractivity contribution in [1.82, 2.24) is 4.31 Å². The van der Waals surface area contributed by atoms with E-state index in [2.05, 4.69) is 0 Å². The Labute approximate surface area is 161 Å². The first-order chi connectivity index (χ1) is 12.6. The second-order valence-corrected chi connectivity index (χ2v) is 10.8. The molecular weight excluding hydrogens is 420 g/mol. The molecule has 0 aliphatic carbocycles. The van der Waals surface area contributed by atoms with Crippen LogP contribution in [0.3, 0.4) is 0 Å². The number of hydrogen-bond donors (Lipinski definition) is 0. The van der Waals surface area contributed by atoms with E-state index in [1.165, 1.54) is 24.3 Å². The van der Waals surface area contributed by atoms with Crippen molar-refractivity contribution in [3.8, 4) is 0 Å². The van der Waals surface area contributed by atoms with Crippen LogP contribution in [0.25, 0.3) is 0 Å². The smallest absolute Gasteiger partial charge is 0.228 e. The van der Waals surface area contributed by atoms with Gasteiger partial charge in [0.15, 0.2) is 9.84 Å². The fourth-order valence-electron chi connectivity index (χ4n) is 3.04. The normalized spacial score (nSPS) is 20.9. The first-order valence-electron chi connectivity index (χ1n) is 8.04. The molecule has 1 unspecified atom stereocenters. The van der Waals surface area contributed by atoms with Crippen molar-refractivity contribution >= 4 is 31.5 Å². The highest BCUT2D eigenvalue weighted by atomic mass is 35.5. The Morgan fingerprint density at radius 1 is 1.04 bits per heavy atom. The van der Waals surface area contributed by atoms with Crippen molar-refractivity contribution in [1.29, 1.82) is 0 Å². The summed E-state index contributed by atoms with van der Waals surface area (Å²) in [6.45, 7) is -0.389. The molecule has 2 aromatic rings. The van der Waals surface area contributed by atoms with Crippen molar-refractivity contribution < 1.29 is 25.6 Å². The van der Waals surface area contributed by atoms with Gasteiger partial charge < -0.3 is 0 Å². The molecule has 1 saturated heterocycles. The Morgan fingerprint density at radius 2 is 1.74 bits per heavy atom. The van der Waals surface area contributed by atoms with E-state index in [0.717, 1.165) is 22.5 Å². The topological polar surface area (TPSA) is 71.5 Å². The largest absolute Gasteiger partial charge is 0.243 e. The summed E-state index contributed by atoms with van der Waals surface area (Å²) < 4.78 is 79.2. The third-order valence-electron chi connectivity index (χ3n) is 4.48. The minimum absolute atomic E-state index is 0.0292. The van der Waals surface area contributed by atoms with E-state index in [-0.39, 0.29) is 35.0 Å². The minimum atomic E-state index is -4.07. The molecule has 0 bridgehead atoms. The number of sulfone groups is 1. The summed E-state index contributed by atoms with van der Waals surface area (Å²) in [7, 11) is -7.82. The van der Waals surface area contributed by atoms with E-state index in [9.17, 15) is 25.6 Å². The summed E-state index contributed by atoms with van der Waals surface area (Å²) in [5, 5.41) is -1.47. The lowest BCUT2D eigenvalue weighted by atomic mass is 10.1. The average Bonchev–Trinajstić information content (AvgIpc) is 2.76. The van der Waals surface area contributed by atoms with E-state index >= 15 is 0 Å². The zero-order chi connectivity index (χ0) is 19.8. The van der Waals surface area contributed by atoms with Crippen molar-refractivity contribution in [3.63, 3.8) is 0 Å². The molecule has 1 atom stereocenters. The van der Waals surface area contributed by atoms with Crippen LogP contribution in [-0.2, 0) is 19.9 Å². The maximum absolute atomic E-state index is 14.1. The molecule has 0 saturated carbocycles. The first kappa shape index (κ1) is 20.2. The van der Waals surface area contributed by atoms with Gasteiger partial charge in [0, 0.05) is 18.7 Å². The lowest BCUT2D eigenvalue weighted by Crippen LogP contribution is -2.33. The fourth-order valence-corrected chi connectivity index (χ4v) is 6.68. The van der Waals surface area contributed by atoms with E-state index in [0.29, 0.717) is 0 Å². The molecule has 27 heavy (non-hydrogen) atoms. The Hall–Kier alpha value is -1.55. The van der Waals surface area contributed by atoms with Crippen LogP contribution in [0.1, 0.15) is 17.2 Å². The Balaban J connectivity index is 1.93. The van der Waals surface area contributed by atoms with Crippen LogP contribution in [0.2, 0.25) is 5.02 Å². The molecule has 0 radical (unpaired) electrons. The van der Waals surface area contributed by atoms with Crippen LogP contribution in [0, 0.1) is 11.6 Å². The second-order valence-electron chi connectivity index (χ2n) is 6.15. The highest BCUT2D eigenvalue weighted by molar-refractivity contribution is 7.92. The molecule has 146 valence electrons. The minimum Gasteiger partial charge on any atom is -0.228 e. The molecule has 0 aromatic heterocycles. The van der Waals surface area contributed by atoms with Gasteiger partial charge in [0.25, 0.3) is 0 Å². The van der Waals surface area contributed by atoms with Crippen LogP contribution in [0.4, 0.5) is 8.78 Å². The van der Waals surface area contributed by atoms with Gasteiger partial charge in [-0.25, -0.2) is 25.6 Å². The first-order valence-corrected chi connectivity index (χ1v) is 11.6. The number of halogens is 3. The number of sulfonamides is 1. The summed E-state index contributed by atoms with van der Waals surface area (Å²) in [6, 6.07) is 8.55. The van der Waals surface area contributed by atoms with Gasteiger partial charge in [-0.1, -0.05) is 29.8 Å². The molecule has 3 rings (SSSR count). The lowest BCUT2D eigenvalue weighted by molar-refractivity contribution is 0.427. The predicted octanol–water partition coefficient (Wildman–Crippen LogP) is 3.17. The highest BCUT2D eigenvalue weighted by Crippen LogP contribution is 2.33. The number of hydrogen-bond acceptors (Lipinski definition) is 4. The zero-order valence-corrected chi connectivity index (χ0v) is 16.4. The summed E-state index contributed by atoms with van der Waals surface area (Å²) >= 11 is 5.66. The summed E-state index contributed by atoms with van der Waals surface area (Å²) in [5.41, 5.74) is 0.0292. The lowest BCUT2D eigenvalue weighted by Gasteiger charge is -2.20. The van der Waals surface area contributed by atoms with Gasteiger partial charge in [-0.05, 0) is 30.7 Å². The molecule has 1 aliphatic heterocycles. The van der Waals surface area contributed by atoms with Gasteiger partial charge in [-0.2, -0.15) is 4.31 Å². The third-order valence-corrected chi connectivity index (χ3v) is 8.77. The number of nitrogens with zero attached hydrogens (tertiary/aromatic N) is 1. The Kier molecular flexibility index (Phi) is 5.58. The standard InChI is InChI=1S/C17H16ClF2NO4S2/c18-14-11-12(5-6-16(14)20)27(24,25)21-8-7-17(26(22,23)10-9-21)13-3-1-2-4-15(13)19/h1-6,11,17H,7-10H2. The van der Waals surface area contributed by atoms with Crippen LogP contribution < -0.4 is 0 Å². The SMILES string of the molecule is O=S1(=O)CCN(S(=O)(=O)c2ccc(F)c(Cl)c2)CCC1c1ccccc1F. The maximum Gasteiger partial charge on any atom is 0.243 e. The monoisotopic (exact) mass is 435 g/mol. The van der Waals surface area contributed by atoms with Crippen molar-refractivity contribution in [2.24, 2.45) is 0 Å². The number of rotatable bonds is 3. The summed E-state index contributed by atoms with van der Waals surface area (Å²) in [5.74, 6) is -1.85. The van der Waals surface area contributed by atoms with Gasteiger partial charge in [-0.3, -0.25) is 0 Å². The molecule has 0 N–H and O–H groups in total. The van der Waals surface area contributed by atoms with Crippen molar-refractivity contribution in [3.05, 3.63) is 64.7 Å². The zero-order valence-electron chi connectivity index (χ0n) is 14.0. The molecule has 2 aromatic carbocycles. The molecule has 0 amide bonds. The molecule has 1 aliphatic rings. The molecule has 5 nitrogen and oxygen atoms in total. The van der Waals surface area contributed by atoms with E-state index in [4.69, 9.17) is 11.6 Å². The molecule has 1 fully saturated rings. The average molecular weight is 436 g/mol. The molecule has 1 heterocycles.